The van der Waals surface area contributed by atoms with Gasteiger partial charge in [0.15, 0.2) is 5.96 Å². The number of hydrogen-bond acceptors (Lipinski definition) is 4. The van der Waals surface area contributed by atoms with Gasteiger partial charge >= 0.3 is 0 Å². The van der Waals surface area contributed by atoms with Crippen molar-refractivity contribution in [3.05, 3.63) is 90.3 Å². The molecule has 3 rings (SSSR count). The zero-order chi connectivity index (χ0) is 20.2. The van der Waals surface area contributed by atoms with Crippen molar-refractivity contribution in [2.45, 2.75) is 18.0 Å². The van der Waals surface area contributed by atoms with E-state index < -0.39 is 0 Å². The fourth-order valence-corrected chi connectivity index (χ4v) is 3.40. The maximum Gasteiger partial charge on any atom is 0.191 e. The highest BCUT2D eigenvalue weighted by molar-refractivity contribution is 14.0. The second kappa shape index (κ2) is 13.9. The molecule has 158 valence electrons. The third-order valence-corrected chi connectivity index (χ3v) is 5.14. The van der Waals surface area contributed by atoms with Gasteiger partial charge in [0.25, 0.3) is 0 Å². The number of halogens is 1. The minimum Gasteiger partial charge on any atom is -0.487 e. The average molecular weight is 534 g/mol. The Labute approximate surface area is 199 Å². The summed E-state index contributed by atoms with van der Waals surface area (Å²) in [5, 5.41) is 6.69. The summed E-state index contributed by atoms with van der Waals surface area (Å²) < 4.78 is 5.77. The van der Waals surface area contributed by atoms with Crippen molar-refractivity contribution in [1.82, 2.24) is 15.6 Å². The van der Waals surface area contributed by atoms with Crippen LogP contribution < -0.4 is 15.4 Å². The third-order valence-electron chi connectivity index (χ3n) is 4.13. The van der Waals surface area contributed by atoms with Gasteiger partial charge in [-0.05, 0) is 42.0 Å². The number of rotatable bonds is 9. The number of pyridine rings is 1. The Kier molecular flexibility index (Phi) is 11.1. The molecular weight excluding hydrogens is 507 g/mol. The van der Waals surface area contributed by atoms with Gasteiger partial charge in [-0.25, -0.2) is 0 Å². The molecule has 0 atom stereocenters. The topological polar surface area (TPSA) is 58.5 Å². The van der Waals surface area contributed by atoms with Crippen molar-refractivity contribution in [2.24, 2.45) is 4.99 Å². The van der Waals surface area contributed by atoms with E-state index >= 15 is 0 Å². The summed E-state index contributed by atoms with van der Waals surface area (Å²) in [6.07, 6.45) is 1.77. The van der Waals surface area contributed by atoms with Crippen molar-refractivity contribution < 1.29 is 4.74 Å². The lowest BCUT2D eigenvalue weighted by Crippen LogP contribution is -2.37. The number of ether oxygens (including phenoxy) is 1. The molecule has 0 aliphatic carbocycles. The molecule has 0 fully saturated rings. The molecule has 0 saturated carbocycles. The minimum atomic E-state index is 0. The Hall–Kier alpha value is -2.26. The molecule has 7 heteroatoms. The first kappa shape index (κ1) is 24.0. The Bertz CT molecular complexity index is 877. The minimum absolute atomic E-state index is 0. The molecule has 0 aliphatic heterocycles. The molecule has 2 N–H and O–H groups in total. The van der Waals surface area contributed by atoms with E-state index in [1.807, 2.05) is 48.2 Å². The number of hydrogen-bond donors (Lipinski definition) is 2. The van der Waals surface area contributed by atoms with Crippen LogP contribution in [0, 0.1) is 0 Å². The van der Waals surface area contributed by atoms with Crippen molar-refractivity contribution in [2.75, 3.05) is 19.3 Å². The van der Waals surface area contributed by atoms with Gasteiger partial charge in [0.1, 0.15) is 12.4 Å². The van der Waals surface area contributed by atoms with Gasteiger partial charge in [-0.1, -0.05) is 36.4 Å². The highest BCUT2D eigenvalue weighted by atomic mass is 127. The molecule has 0 spiro atoms. The Morgan fingerprint density at radius 2 is 1.73 bits per heavy atom. The van der Waals surface area contributed by atoms with Crippen LogP contribution in [0.25, 0.3) is 0 Å². The van der Waals surface area contributed by atoms with Crippen molar-refractivity contribution in [3.63, 3.8) is 0 Å². The van der Waals surface area contributed by atoms with Crippen LogP contribution in [0.5, 0.6) is 5.75 Å². The predicted octanol–water partition coefficient (Wildman–Crippen LogP) is 4.74. The fraction of sp³-hybridized carbons (Fsp3) is 0.217. The van der Waals surface area contributed by atoms with Crippen LogP contribution in [0.1, 0.15) is 11.3 Å². The summed E-state index contributed by atoms with van der Waals surface area (Å²) in [7, 11) is 1.79. The van der Waals surface area contributed by atoms with E-state index in [1.54, 1.807) is 13.2 Å². The van der Waals surface area contributed by atoms with Gasteiger partial charge in [-0.15, -0.1) is 35.7 Å². The number of benzene rings is 2. The molecule has 0 unspecified atom stereocenters. The highest BCUT2D eigenvalue weighted by Gasteiger charge is 2.01. The van der Waals surface area contributed by atoms with Gasteiger partial charge in [-0.3, -0.25) is 9.98 Å². The van der Waals surface area contributed by atoms with E-state index in [9.17, 15) is 0 Å². The van der Waals surface area contributed by atoms with E-state index in [0.717, 1.165) is 35.3 Å². The second-order valence-corrected chi connectivity index (χ2v) is 7.44. The molecule has 0 bridgehead atoms. The SMILES string of the molecule is CN=C(NCCSc1ccccc1)NCc1ccc(OCc2ccccn2)cc1.I. The molecule has 0 saturated heterocycles. The Morgan fingerprint density at radius 3 is 2.43 bits per heavy atom. The fourth-order valence-electron chi connectivity index (χ4n) is 2.61. The van der Waals surface area contributed by atoms with Crippen LogP contribution in [0.3, 0.4) is 0 Å². The Morgan fingerprint density at radius 1 is 0.967 bits per heavy atom. The summed E-state index contributed by atoms with van der Waals surface area (Å²) in [5.74, 6) is 2.61. The first-order valence-corrected chi connectivity index (χ1v) is 10.6. The zero-order valence-corrected chi connectivity index (χ0v) is 20.1. The lowest BCUT2D eigenvalue weighted by atomic mass is 10.2. The molecule has 2 aromatic carbocycles. The summed E-state index contributed by atoms with van der Waals surface area (Å²) in [6, 6.07) is 24.3. The normalized spacial score (nSPS) is 10.8. The first-order chi connectivity index (χ1) is 14.3. The van der Waals surface area contributed by atoms with Crippen molar-refractivity contribution in [3.8, 4) is 5.75 Å². The van der Waals surface area contributed by atoms with E-state index in [2.05, 4.69) is 57.0 Å². The second-order valence-electron chi connectivity index (χ2n) is 6.27. The number of guanidine groups is 1. The number of thioether (sulfide) groups is 1. The first-order valence-electron chi connectivity index (χ1n) is 9.57. The molecule has 5 nitrogen and oxygen atoms in total. The van der Waals surface area contributed by atoms with Crippen LogP contribution in [-0.4, -0.2) is 30.3 Å². The van der Waals surface area contributed by atoms with Crippen LogP contribution in [0.4, 0.5) is 0 Å². The van der Waals surface area contributed by atoms with Gasteiger partial charge < -0.3 is 15.4 Å². The van der Waals surface area contributed by atoms with Crippen molar-refractivity contribution >= 4 is 41.7 Å². The van der Waals surface area contributed by atoms with Gasteiger partial charge in [0, 0.05) is 37.0 Å². The van der Waals surface area contributed by atoms with Crippen LogP contribution in [0.15, 0.2) is 88.9 Å². The number of nitrogens with zero attached hydrogens (tertiary/aromatic N) is 2. The summed E-state index contributed by atoms with van der Waals surface area (Å²) in [5.41, 5.74) is 2.08. The molecule has 0 radical (unpaired) electrons. The number of nitrogens with one attached hydrogen (secondary N) is 2. The molecular formula is C23H27IN4OS. The summed E-state index contributed by atoms with van der Waals surface area (Å²) in [4.78, 5) is 9.82. The van der Waals surface area contributed by atoms with Crippen LogP contribution >= 0.6 is 35.7 Å². The summed E-state index contributed by atoms with van der Waals surface area (Å²) >= 11 is 1.83. The summed E-state index contributed by atoms with van der Waals surface area (Å²) in [6.45, 7) is 2.02. The highest BCUT2D eigenvalue weighted by Crippen LogP contribution is 2.16. The van der Waals surface area contributed by atoms with E-state index in [1.165, 1.54) is 4.90 Å². The average Bonchev–Trinajstić information content (AvgIpc) is 2.79. The zero-order valence-electron chi connectivity index (χ0n) is 17.0. The molecule has 30 heavy (non-hydrogen) atoms. The van der Waals surface area contributed by atoms with E-state index in [0.29, 0.717) is 13.2 Å². The van der Waals surface area contributed by atoms with Gasteiger partial charge in [0.2, 0.25) is 0 Å². The van der Waals surface area contributed by atoms with Gasteiger partial charge in [-0.2, -0.15) is 0 Å². The number of aromatic nitrogens is 1. The van der Waals surface area contributed by atoms with Gasteiger partial charge in [0.05, 0.1) is 5.69 Å². The maximum absolute atomic E-state index is 5.77. The van der Waals surface area contributed by atoms with Crippen LogP contribution in [-0.2, 0) is 13.2 Å². The third kappa shape index (κ3) is 8.62. The Balaban J connectivity index is 0.00000320. The lowest BCUT2D eigenvalue weighted by molar-refractivity contribution is 0.301. The van der Waals surface area contributed by atoms with E-state index in [4.69, 9.17) is 4.74 Å². The predicted molar refractivity (Wildman–Crippen MR) is 136 cm³/mol. The van der Waals surface area contributed by atoms with E-state index in [-0.39, 0.29) is 24.0 Å². The standard InChI is InChI=1S/C23H26N4OS.HI/c1-24-23(26-15-16-29-22-8-3-2-4-9-22)27-17-19-10-12-21(13-11-19)28-18-20-7-5-6-14-25-20;/h2-14H,15-18H2,1H3,(H2,24,26,27);1H. The smallest absolute Gasteiger partial charge is 0.191 e. The maximum atomic E-state index is 5.77. The molecule has 0 aliphatic rings. The molecule has 3 aromatic rings. The van der Waals surface area contributed by atoms with Crippen LogP contribution in [0.2, 0.25) is 0 Å². The monoisotopic (exact) mass is 534 g/mol. The quantitative estimate of drug-likeness (QED) is 0.137. The van der Waals surface area contributed by atoms with Crippen molar-refractivity contribution in [1.29, 1.82) is 0 Å². The lowest BCUT2D eigenvalue weighted by Gasteiger charge is -2.12. The molecule has 0 amide bonds. The largest absolute Gasteiger partial charge is 0.487 e. The molecule has 1 heterocycles. The molecule has 1 aromatic heterocycles. The number of aliphatic imine (C=N–C) groups is 1.